The molecule has 3 aromatic rings. The summed E-state index contributed by atoms with van der Waals surface area (Å²) in [5, 5.41) is 13.3. The molecule has 0 saturated heterocycles. The number of hydrogen-bond donors (Lipinski definition) is 1. The van der Waals surface area contributed by atoms with E-state index in [0.29, 0.717) is 33.8 Å². The number of ether oxygens (including phenoxy) is 2. The second-order valence-electron chi connectivity index (χ2n) is 8.08. The number of halogens is 1. The Hall–Kier alpha value is -2.56. The molecular formula is C25H31ClN4O4S2. The number of thioether (sulfide) groups is 1. The summed E-state index contributed by atoms with van der Waals surface area (Å²) in [5.41, 5.74) is 2.27. The van der Waals surface area contributed by atoms with E-state index in [1.165, 1.54) is 23.1 Å². The van der Waals surface area contributed by atoms with Gasteiger partial charge in [-0.15, -0.1) is 21.5 Å². The van der Waals surface area contributed by atoms with Crippen LogP contribution in [0.15, 0.2) is 23.4 Å². The molecule has 11 heteroatoms. The molecule has 0 radical (unpaired) electrons. The first kappa shape index (κ1) is 28.0. The first-order valence-corrected chi connectivity index (χ1v) is 13.9. The quantitative estimate of drug-likeness (QED) is 0.223. The number of amides is 1. The standard InChI is InChI=1S/C25H31ClN4O4S2/c1-7-18-12-19(24(32)33-9-3)23(36-18)27-20(31)13-35-25-29-28-22(30(25)8-2)16(6)34-17-10-14(4)21(26)15(5)11-17/h10-12,16H,7-9,13H2,1-6H3,(H,27,31). The minimum absolute atomic E-state index is 0.116. The van der Waals surface area contributed by atoms with Crippen molar-refractivity contribution in [3.05, 3.63) is 50.6 Å². The average Bonchev–Trinajstić information content (AvgIpc) is 3.45. The monoisotopic (exact) mass is 550 g/mol. The highest BCUT2D eigenvalue weighted by molar-refractivity contribution is 7.99. The molecule has 1 atom stereocenters. The molecule has 0 bridgehead atoms. The Morgan fingerprint density at radius 1 is 1.17 bits per heavy atom. The number of aryl methyl sites for hydroxylation is 3. The van der Waals surface area contributed by atoms with Crippen LogP contribution in [0.1, 0.15) is 66.0 Å². The Morgan fingerprint density at radius 3 is 2.47 bits per heavy atom. The molecule has 0 saturated carbocycles. The Kier molecular flexibility index (Phi) is 9.81. The van der Waals surface area contributed by atoms with Gasteiger partial charge in [-0.3, -0.25) is 4.79 Å². The predicted molar refractivity (Wildman–Crippen MR) is 145 cm³/mol. The molecular weight excluding hydrogens is 520 g/mol. The van der Waals surface area contributed by atoms with Crippen molar-refractivity contribution in [3.8, 4) is 5.75 Å². The van der Waals surface area contributed by atoms with Crippen LogP contribution in [-0.4, -0.2) is 39.0 Å². The van der Waals surface area contributed by atoms with Gasteiger partial charge in [0.2, 0.25) is 5.91 Å². The highest BCUT2D eigenvalue weighted by atomic mass is 35.5. The SMILES string of the molecule is CCOC(=O)c1cc(CC)sc1NC(=O)CSc1nnc(C(C)Oc2cc(C)c(Cl)c(C)c2)n1CC. The first-order chi connectivity index (χ1) is 17.2. The molecule has 1 N–H and O–H groups in total. The molecule has 1 aromatic carbocycles. The van der Waals surface area contributed by atoms with E-state index in [0.717, 1.165) is 27.4 Å². The van der Waals surface area contributed by atoms with Crippen LogP contribution in [0.5, 0.6) is 5.75 Å². The number of thiophene rings is 1. The van der Waals surface area contributed by atoms with Gasteiger partial charge >= 0.3 is 5.97 Å². The molecule has 0 aliphatic heterocycles. The fraction of sp³-hybridized carbons (Fsp3) is 0.440. The van der Waals surface area contributed by atoms with E-state index in [9.17, 15) is 9.59 Å². The molecule has 0 aliphatic carbocycles. The lowest BCUT2D eigenvalue weighted by atomic mass is 10.1. The molecule has 8 nitrogen and oxygen atoms in total. The molecule has 0 spiro atoms. The van der Waals surface area contributed by atoms with Gasteiger partial charge in [0.1, 0.15) is 10.8 Å². The zero-order chi connectivity index (χ0) is 26.4. The second-order valence-corrected chi connectivity index (χ2v) is 10.5. The van der Waals surface area contributed by atoms with Gasteiger partial charge in [-0.25, -0.2) is 4.79 Å². The zero-order valence-corrected chi connectivity index (χ0v) is 23.7. The van der Waals surface area contributed by atoms with Gasteiger partial charge in [0, 0.05) is 16.4 Å². The molecule has 0 fully saturated rings. The summed E-state index contributed by atoms with van der Waals surface area (Å²) in [6.07, 6.45) is 0.408. The summed E-state index contributed by atoms with van der Waals surface area (Å²) in [6.45, 7) is 12.4. The summed E-state index contributed by atoms with van der Waals surface area (Å²) in [6, 6.07) is 5.57. The van der Waals surface area contributed by atoms with E-state index >= 15 is 0 Å². The van der Waals surface area contributed by atoms with Crippen molar-refractivity contribution >= 4 is 51.6 Å². The number of carbonyl (C=O) groups excluding carboxylic acids is 2. The third kappa shape index (κ3) is 6.60. The maximum absolute atomic E-state index is 12.7. The Bertz CT molecular complexity index is 1220. The summed E-state index contributed by atoms with van der Waals surface area (Å²) in [5.74, 6) is 0.817. The van der Waals surface area contributed by atoms with Crippen LogP contribution in [0.4, 0.5) is 5.00 Å². The third-order valence-electron chi connectivity index (χ3n) is 5.36. The fourth-order valence-corrected chi connectivity index (χ4v) is 5.52. The van der Waals surface area contributed by atoms with Gasteiger partial charge in [0.05, 0.1) is 17.9 Å². The van der Waals surface area contributed by atoms with Crippen LogP contribution in [0.3, 0.4) is 0 Å². The number of benzene rings is 1. The maximum Gasteiger partial charge on any atom is 0.341 e. The van der Waals surface area contributed by atoms with Crippen molar-refractivity contribution in [1.29, 1.82) is 0 Å². The number of nitrogens with zero attached hydrogens (tertiary/aromatic N) is 3. The minimum atomic E-state index is -0.438. The Labute approximate surface area is 224 Å². The van der Waals surface area contributed by atoms with Crippen LogP contribution in [0.25, 0.3) is 0 Å². The molecule has 1 amide bonds. The van der Waals surface area contributed by atoms with E-state index in [1.54, 1.807) is 13.0 Å². The summed E-state index contributed by atoms with van der Waals surface area (Å²) in [7, 11) is 0. The van der Waals surface area contributed by atoms with Crippen molar-refractivity contribution < 1.29 is 19.1 Å². The molecule has 3 rings (SSSR count). The first-order valence-electron chi connectivity index (χ1n) is 11.8. The molecule has 194 valence electrons. The van der Waals surface area contributed by atoms with Crippen molar-refractivity contribution in [1.82, 2.24) is 14.8 Å². The smallest absolute Gasteiger partial charge is 0.341 e. The molecule has 2 aromatic heterocycles. The summed E-state index contributed by atoms with van der Waals surface area (Å²) in [4.78, 5) is 26.0. The average molecular weight is 551 g/mol. The normalized spacial score (nSPS) is 11.9. The van der Waals surface area contributed by atoms with Crippen molar-refractivity contribution in [3.63, 3.8) is 0 Å². The highest BCUT2D eigenvalue weighted by Gasteiger charge is 2.22. The van der Waals surface area contributed by atoms with Crippen molar-refractivity contribution in [2.75, 3.05) is 17.7 Å². The third-order valence-corrected chi connectivity index (χ3v) is 8.12. The van der Waals surface area contributed by atoms with E-state index in [1.807, 2.05) is 51.3 Å². The summed E-state index contributed by atoms with van der Waals surface area (Å²) >= 11 is 8.94. The van der Waals surface area contributed by atoms with Gasteiger partial charge < -0.3 is 19.4 Å². The van der Waals surface area contributed by atoms with Crippen LogP contribution in [0, 0.1) is 13.8 Å². The van der Waals surface area contributed by atoms with E-state index in [4.69, 9.17) is 21.1 Å². The van der Waals surface area contributed by atoms with E-state index < -0.39 is 5.97 Å². The van der Waals surface area contributed by atoms with Crippen LogP contribution in [0.2, 0.25) is 5.02 Å². The topological polar surface area (TPSA) is 95.3 Å². The van der Waals surface area contributed by atoms with Gasteiger partial charge in [-0.05, 0) is 70.4 Å². The molecule has 2 heterocycles. The Morgan fingerprint density at radius 2 is 1.86 bits per heavy atom. The van der Waals surface area contributed by atoms with Crippen molar-refractivity contribution in [2.24, 2.45) is 0 Å². The number of esters is 1. The van der Waals surface area contributed by atoms with E-state index in [-0.39, 0.29) is 24.4 Å². The fourth-order valence-electron chi connectivity index (χ4n) is 3.60. The van der Waals surface area contributed by atoms with Crippen LogP contribution in [-0.2, 0) is 22.5 Å². The lowest BCUT2D eigenvalue weighted by Gasteiger charge is -2.17. The van der Waals surface area contributed by atoms with Gasteiger partial charge in [-0.1, -0.05) is 30.3 Å². The predicted octanol–water partition coefficient (Wildman–Crippen LogP) is 6.24. The number of anilines is 1. The number of hydrogen-bond acceptors (Lipinski definition) is 8. The second kappa shape index (κ2) is 12.6. The molecule has 1 unspecified atom stereocenters. The van der Waals surface area contributed by atoms with Crippen LogP contribution < -0.4 is 10.1 Å². The zero-order valence-electron chi connectivity index (χ0n) is 21.3. The number of aromatic nitrogens is 3. The number of carbonyl (C=O) groups is 2. The largest absolute Gasteiger partial charge is 0.483 e. The van der Waals surface area contributed by atoms with E-state index in [2.05, 4.69) is 15.5 Å². The highest BCUT2D eigenvalue weighted by Crippen LogP contribution is 2.31. The lowest BCUT2D eigenvalue weighted by Crippen LogP contribution is -2.16. The number of nitrogens with one attached hydrogen (secondary N) is 1. The lowest BCUT2D eigenvalue weighted by molar-refractivity contribution is -0.113. The van der Waals surface area contributed by atoms with Crippen molar-refractivity contribution in [2.45, 2.75) is 65.8 Å². The van der Waals surface area contributed by atoms with Gasteiger partial charge in [0.25, 0.3) is 0 Å². The van der Waals surface area contributed by atoms with Gasteiger partial charge in [0.15, 0.2) is 17.1 Å². The number of rotatable bonds is 11. The summed E-state index contributed by atoms with van der Waals surface area (Å²) < 4.78 is 13.2. The Balaban J connectivity index is 1.68. The molecule has 36 heavy (non-hydrogen) atoms. The van der Waals surface area contributed by atoms with Crippen LogP contribution >= 0.6 is 34.7 Å². The van der Waals surface area contributed by atoms with Gasteiger partial charge in [-0.2, -0.15) is 0 Å². The maximum atomic E-state index is 12.7. The molecule has 0 aliphatic rings. The minimum Gasteiger partial charge on any atom is -0.483 e.